The lowest BCUT2D eigenvalue weighted by atomic mass is 9.76. The van der Waals surface area contributed by atoms with Gasteiger partial charge in [0.15, 0.2) is 12.1 Å². The molecule has 1 saturated carbocycles. The number of benzene rings is 1. The van der Waals surface area contributed by atoms with Crippen molar-refractivity contribution in [1.29, 1.82) is 0 Å². The standard InChI is InChI=1S/C27H38N2O5/c30-19-29(34-24-13-7-8-14-33-24)18-23(16-21-11-5-2-6-12-21)26(31)25-22(17-28-27(25)32)15-20-9-3-1-4-10-20/h1,3-4,9-10,19,21-25H,2,5-8,11-18H2,(H,28,32). The quantitative estimate of drug-likeness (QED) is 0.303. The molecule has 0 spiro atoms. The molecule has 2 amide bonds. The Kier molecular flexibility index (Phi) is 9.11. The minimum absolute atomic E-state index is 0.0542. The van der Waals surface area contributed by atoms with Crippen LogP contribution in [0.5, 0.6) is 0 Å². The first-order valence-corrected chi connectivity index (χ1v) is 13.0. The molecule has 34 heavy (non-hydrogen) atoms. The van der Waals surface area contributed by atoms with Crippen LogP contribution in [-0.2, 0) is 30.4 Å². The van der Waals surface area contributed by atoms with Gasteiger partial charge in [-0.05, 0) is 43.1 Å². The van der Waals surface area contributed by atoms with Crippen LogP contribution in [0.4, 0.5) is 0 Å². The van der Waals surface area contributed by atoms with E-state index in [2.05, 4.69) is 5.32 Å². The van der Waals surface area contributed by atoms with Gasteiger partial charge in [-0.2, -0.15) is 0 Å². The summed E-state index contributed by atoms with van der Waals surface area (Å²) in [7, 11) is 0. The van der Waals surface area contributed by atoms with E-state index in [1.807, 2.05) is 30.3 Å². The van der Waals surface area contributed by atoms with Gasteiger partial charge in [0.05, 0.1) is 6.54 Å². The zero-order valence-corrected chi connectivity index (χ0v) is 20.0. The SMILES string of the molecule is O=CN(CC(CC1CCCCC1)C(=O)C1C(=O)NCC1Cc1ccccc1)OC1CCCCO1. The van der Waals surface area contributed by atoms with Crippen molar-refractivity contribution in [3.8, 4) is 0 Å². The molecule has 3 aliphatic rings. The maximum atomic E-state index is 13.9. The van der Waals surface area contributed by atoms with Gasteiger partial charge >= 0.3 is 0 Å². The van der Waals surface area contributed by atoms with Gasteiger partial charge in [0.25, 0.3) is 0 Å². The molecule has 7 nitrogen and oxygen atoms in total. The van der Waals surface area contributed by atoms with Crippen LogP contribution in [0.1, 0.15) is 63.4 Å². The Balaban J connectivity index is 1.48. The van der Waals surface area contributed by atoms with E-state index in [4.69, 9.17) is 9.57 Å². The zero-order chi connectivity index (χ0) is 23.8. The van der Waals surface area contributed by atoms with Crippen LogP contribution in [0.2, 0.25) is 0 Å². The minimum Gasteiger partial charge on any atom is -0.355 e. The van der Waals surface area contributed by atoms with Gasteiger partial charge in [-0.3, -0.25) is 14.4 Å². The number of hydrogen-bond acceptors (Lipinski definition) is 5. The molecule has 1 N–H and O–H groups in total. The predicted molar refractivity (Wildman–Crippen MR) is 127 cm³/mol. The van der Waals surface area contributed by atoms with Crippen LogP contribution in [0.15, 0.2) is 30.3 Å². The van der Waals surface area contributed by atoms with Crippen LogP contribution in [-0.4, -0.2) is 49.2 Å². The monoisotopic (exact) mass is 470 g/mol. The van der Waals surface area contributed by atoms with Crippen molar-refractivity contribution in [2.75, 3.05) is 19.7 Å². The van der Waals surface area contributed by atoms with E-state index < -0.39 is 18.1 Å². The molecule has 4 unspecified atom stereocenters. The van der Waals surface area contributed by atoms with Crippen molar-refractivity contribution < 1.29 is 24.0 Å². The fourth-order valence-electron chi connectivity index (χ4n) is 5.78. The van der Waals surface area contributed by atoms with Crippen LogP contribution in [0.3, 0.4) is 0 Å². The second kappa shape index (κ2) is 12.5. The van der Waals surface area contributed by atoms with Gasteiger partial charge in [-0.25, -0.2) is 9.90 Å². The van der Waals surface area contributed by atoms with Gasteiger partial charge in [0, 0.05) is 25.5 Å². The van der Waals surface area contributed by atoms with Crippen molar-refractivity contribution in [1.82, 2.24) is 10.4 Å². The summed E-state index contributed by atoms with van der Waals surface area (Å²) in [6.45, 7) is 1.29. The second-order valence-electron chi connectivity index (χ2n) is 10.1. The summed E-state index contributed by atoms with van der Waals surface area (Å²) < 4.78 is 5.63. The molecule has 1 aliphatic carbocycles. The summed E-state index contributed by atoms with van der Waals surface area (Å²) in [5, 5.41) is 4.15. The molecule has 0 radical (unpaired) electrons. The predicted octanol–water partition coefficient (Wildman–Crippen LogP) is 3.66. The number of ketones is 1. The Morgan fingerprint density at radius 2 is 1.88 bits per heavy atom. The van der Waals surface area contributed by atoms with Crippen LogP contribution < -0.4 is 5.32 Å². The molecular weight excluding hydrogens is 432 g/mol. The number of rotatable bonds is 11. The first-order chi connectivity index (χ1) is 16.6. The minimum atomic E-state index is -0.687. The normalized spacial score (nSPS) is 26.6. The van der Waals surface area contributed by atoms with Gasteiger partial charge in [-0.15, -0.1) is 0 Å². The third-order valence-electron chi connectivity index (χ3n) is 7.59. The molecule has 2 heterocycles. The number of carbonyl (C=O) groups excluding carboxylic acids is 3. The summed E-state index contributed by atoms with van der Waals surface area (Å²) in [5.41, 5.74) is 1.12. The van der Waals surface area contributed by atoms with E-state index in [1.54, 1.807) is 0 Å². The maximum absolute atomic E-state index is 13.9. The number of nitrogens with one attached hydrogen (secondary N) is 1. The molecule has 2 aliphatic heterocycles. The number of Topliss-reactive ketones (excluding diaryl/α,β-unsaturated/α-hetero) is 1. The number of amides is 2. The van der Waals surface area contributed by atoms with E-state index >= 15 is 0 Å². The first-order valence-electron chi connectivity index (χ1n) is 13.0. The summed E-state index contributed by atoms with van der Waals surface area (Å²) in [6.07, 6.45) is 10.1. The highest BCUT2D eigenvalue weighted by Crippen LogP contribution is 2.33. The number of hydrogen-bond donors (Lipinski definition) is 1. The number of carbonyl (C=O) groups is 3. The Morgan fingerprint density at radius 3 is 2.59 bits per heavy atom. The lowest BCUT2D eigenvalue weighted by molar-refractivity contribution is -0.276. The Bertz CT molecular complexity index is 804. The molecule has 1 aromatic carbocycles. The Hall–Kier alpha value is -2.25. The molecule has 186 valence electrons. The Labute approximate surface area is 202 Å². The second-order valence-corrected chi connectivity index (χ2v) is 10.1. The summed E-state index contributed by atoms with van der Waals surface area (Å²) in [6, 6.07) is 10.0. The highest BCUT2D eigenvalue weighted by molar-refractivity contribution is 6.04. The third-order valence-corrected chi connectivity index (χ3v) is 7.59. The average Bonchev–Trinajstić information content (AvgIpc) is 3.24. The molecule has 0 bridgehead atoms. The van der Waals surface area contributed by atoms with Gasteiger partial charge in [0.2, 0.25) is 12.3 Å². The van der Waals surface area contributed by atoms with Crippen molar-refractivity contribution in [2.24, 2.45) is 23.7 Å². The summed E-state index contributed by atoms with van der Waals surface area (Å²) in [4.78, 5) is 44.4. The molecule has 3 fully saturated rings. The average molecular weight is 471 g/mol. The van der Waals surface area contributed by atoms with Gasteiger partial charge in [0.1, 0.15) is 5.92 Å². The fourth-order valence-corrected chi connectivity index (χ4v) is 5.78. The summed E-state index contributed by atoms with van der Waals surface area (Å²) in [5.74, 6) is -0.991. The smallest absolute Gasteiger partial charge is 0.233 e. The van der Waals surface area contributed by atoms with Gasteiger partial charge in [-0.1, -0.05) is 62.4 Å². The van der Waals surface area contributed by atoms with E-state index in [9.17, 15) is 14.4 Å². The number of nitrogens with zero attached hydrogens (tertiary/aromatic N) is 1. The lowest BCUT2D eigenvalue weighted by Gasteiger charge is -2.32. The zero-order valence-electron chi connectivity index (χ0n) is 20.0. The van der Waals surface area contributed by atoms with E-state index in [0.29, 0.717) is 38.3 Å². The molecule has 2 saturated heterocycles. The summed E-state index contributed by atoms with van der Waals surface area (Å²) >= 11 is 0. The van der Waals surface area contributed by atoms with E-state index in [1.165, 1.54) is 24.3 Å². The molecule has 0 aromatic heterocycles. The highest BCUT2D eigenvalue weighted by atomic mass is 16.8. The van der Waals surface area contributed by atoms with E-state index in [-0.39, 0.29) is 24.2 Å². The van der Waals surface area contributed by atoms with Crippen molar-refractivity contribution >= 4 is 18.1 Å². The van der Waals surface area contributed by atoms with Crippen molar-refractivity contribution in [2.45, 2.75) is 70.5 Å². The van der Waals surface area contributed by atoms with Crippen molar-refractivity contribution in [3.05, 3.63) is 35.9 Å². The van der Waals surface area contributed by atoms with Crippen molar-refractivity contribution in [3.63, 3.8) is 0 Å². The molecule has 7 heteroatoms. The maximum Gasteiger partial charge on any atom is 0.233 e. The van der Waals surface area contributed by atoms with Crippen LogP contribution in [0, 0.1) is 23.7 Å². The highest BCUT2D eigenvalue weighted by Gasteiger charge is 2.43. The molecule has 1 aromatic rings. The van der Waals surface area contributed by atoms with E-state index in [0.717, 1.165) is 37.7 Å². The van der Waals surface area contributed by atoms with Crippen LogP contribution >= 0.6 is 0 Å². The molecule has 4 atom stereocenters. The molecular formula is C27H38N2O5. The fraction of sp³-hybridized carbons (Fsp3) is 0.667. The number of hydroxylamine groups is 2. The van der Waals surface area contributed by atoms with Crippen LogP contribution in [0.25, 0.3) is 0 Å². The number of ether oxygens (including phenoxy) is 1. The largest absolute Gasteiger partial charge is 0.355 e. The molecule has 4 rings (SSSR count). The topological polar surface area (TPSA) is 84.9 Å². The third kappa shape index (κ3) is 6.66. The van der Waals surface area contributed by atoms with Gasteiger partial charge < -0.3 is 10.1 Å². The Morgan fingerprint density at radius 1 is 1.12 bits per heavy atom. The lowest BCUT2D eigenvalue weighted by Crippen LogP contribution is -2.42. The first kappa shape index (κ1) is 24.9.